The zero-order valence-corrected chi connectivity index (χ0v) is 16.6. The third-order valence-corrected chi connectivity index (χ3v) is 5.26. The van der Waals surface area contributed by atoms with Crippen LogP contribution in [0, 0.1) is 0 Å². The Bertz CT molecular complexity index is 492. The Hall–Kier alpha value is -0.660. The van der Waals surface area contributed by atoms with E-state index in [0.717, 1.165) is 19.3 Å². The van der Waals surface area contributed by atoms with Crippen molar-refractivity contribution in [1.82, 2.24) is 0 Å². The molecule has 10 heteroatoms. The average Bonchev–Trinajstić information content (AvgIpc) is 3.00. The zero-order chi connectivity index (χ0) is 21.6. The summed E-state index contributed by atoms with van der Waals surface area (Å²) >= 11 is 0. The molecule has 0 radical (unpaired) electrons. The Labute approximate surface area is 170 Å². The van der Waals surface area contributed by atoms with Crippen LogP contribution in [0.15, 0.2) is 12.7 Å². The van der Waals surface area contributed by atoms with Gasteiger partial charge in [0.25, 0.3) is 0 Å². The van der Waals surface area contributed by atoms with Gasteiger partial charge in [0.05, 0.1) is 19.3 Å². The number of ether oxygens (including phenoxy) is 4. The van der Waals surface area contributed by atoms with Crippen molar-refractivity contribution in [2.45, 2.75) is 94.0 Å². The molecule has 2 aliphatic heterocycles. The van der Waals surface area contributed by atoms with Crippen LogP contribution < -0.4 is 0 Å². The topological polar surface area (TPSA) is 158 Å². The van der Waals surface area contributed by atoms with Gasteiger partial charge in [-0.05, 0) is 6.42 Å². The van der Waals surface area contributed by atoms with Gasteiger partial charge in [-0.3, -0.25) is 0 Å². The number of aliphatic hydroxyl groups is 6. The van der Waals surface area contributed by atoms with E-state index >= 15 is 0 Å². The number of unbranched alkanes of at least 4 members (excludes halogenated alkanes) is 2. The number of hydrogen-bond acceptors (Lipinski definition) is 10. The zero-order valence-electron chi connectivity index (χ0n) is 16.6. The molecule has 0 bridgehead atoms. The van der Waals surface area contributed by atoms with Crippen LogP contribution in [0.25, 0.3) is 0 Å². The van der Waals surface area contributed by atoms with E-state index in [1.807, 2.05) is 0 Å². The quantitative estimate of drug-likeness (QED) is 0.169. The van der Waals surface area contributed by atoms with E-state index in [2.05, 4.69) is 13.5 Å². The van der Waals surface area contributed by atoms with Gasteiger partial charge in [-0.15, -0.1) is 6.58 Å². The van der Waals surface area contributed by atoms with Gasteiger partial charge < -0.3 is 49.6 Å². The minimum Gasteiger partial charge on any atom is -0.394 e. The van der Waals surface area contributed by atoms with E-state index in [1.54, 1.807) is 6.08 Å². The molecule has 0 aromatic carbocycles. The highest BCUT2D eigenvalue weighted by Gasteiger charge is 2.47. The predicted octanol–water partition coefficient (Wildman–Crippen LogP) is -1.60. The smallest absolute Gasteiger partial charge is 0.187 e. The Kier molecular flexibility index (Phi) is 9.89. The third-order valence-electron chi connectivity index (χ3n) is 5.26. The molecule has 10 atom stereocenters. The van der Waals surface area contributed by atoms with Gasteiger partial charge in [0.2, 0.25) is 0 Å². The Morgan fingerprint density at radius 2 is 1.52 bits per heavy atom. The molecule has 2 saturated heterocycles. The number of hydrogen-bond donors (Lipinski definition) is 6. The minimum absolute atomic E-state index is 0.313. The van der Waals surface area contributed by atoms with Crippen molar-refractivity contribution in [3.05, 3.63) is 12.7 Å². The van der Waals surface area contributed by atoms with Crippen LogP contribution in [-0.2, 0) is 18.9 Å². The molecule has 2 aliphatic rings. The van der Waals surface area contributed by atoms with Gasteiger partial charge in [-0.1, -0.05) is 32.3 Å². The van der Waals surface area contributed by atoms with Crippen LogP contribution in [0.3, 0.4) is 0 Å². The van der Waals surface area contributed by atoms with Gasteiger partial charge >= 0.3 is 0 Å². The molecule has 0 aromatic heterocycles. The van der Waals surface area contributed by atoms with Crippen molar-refractivity contribution in [2.24, 2.45) is 0 Å². The summed E-state index contributed by atoms with van der Waals surface area (Å²) in [5, 5.41) is 59.3. The van der Waals surface area contributed by atoms with E-state index in [-0.39, 0.29) is 6.61 Å². The Morgan fingerprint density at radius 3 is 2.10 bits per heavy atom. The van der Waals surface area contributed by atoms with Crippen molar-refractivity contribution in [3.63, 3.8) is 0 Å². The summed E-state index contributed by atoms with van der Waals surface area (Å²) in [6.45, 7) is 4.98. The first-order valence-corrected chi connectivity index (χ1v) is 10.1. The SMILES string of the molecule is C=CC(CCCCC)OC1OC(COC2OC(CO)C(O)C2O)C(O)C(O)C1O. The van der Waals surface area contributed by atoms with Crippen LogP contribution in [0.4, 0.5) is 0 Å². The minimum atomic E-state index is -1.53. The highest BCUT2D eigenvalue weighted by molar-refractivity contribution is 4.92. The van der Waals surface area contributed by atoms with Crippen LogP contribution in [0.1, 0.15) is 32.6 Å². The van der Waals surface area contributed by atoms with Crippen molar-refractivity contribution < 1.29 is 49.6 Å². The van der Waals surface area contributed by atoms with Crippen molar-refractivity contribution in [1.29, 1.82) is 0 Å². The van der Waals surface area contributed by atoms with Crippen LogP contribution >= 0.6 is 0 Å². The standard InChI is InChI=1S/C19H34O10/c1-3-5-6-7-10(4-2)27-19-17(25)15(23)14(22)12(29-19)9-26-18-16(24)13(21)11(8-20)28-18/h4,10-25H,2-3,5-9H2,1H3. The average molecular weight is 422 g/mol. The second kappa shape index (κ2) is 11.7. The molecular formula is C19H34O10. The van der Waals surface area contributed by atoms with Crippen LogP contribution in [0.5, 0.6) is 0 Å². The van der Waals surface area contributed by atoms with E-state index in [1.165, 1.54) is 0 Å². The fourth-order valence-corrected chi connectivity index (χ4v) is 3.37. The van der Waals surface area contributed by atoms with E-state index in [4.69, 9.17) is 24.1 Å². The first-order valence-electron chi connectivity index (χ1n) is 10.1. The van der Waals surface area contributed by atoms with Crippen LogP contribution in [0.2, 0.25) is 0 Å². The second-order valence-electron chi connectivity index (χ2n) is 7.46. The Balaban J connectivity index is 1.93. The van der Waals surface area contributed by atoms with Gasteiger partial charge in [-0.25, -0.2) is 0 Å². The summed E-state index contributed by atoms with van der Waals surface area (Å²) < 4.78 is 21.9. The largest absolute Gasteiger partial charge is 0.394 e. The summed E-state index contributed by atoms with van der Waals surface area (Å²) in [6.07, 6.45) is -6.88. The Morgan fingerprint density at radius 1 is 0.897 bits per heavy atom. The molecule has 0 saturated carbocycles. The lowest BCUT2D eigenvalue weighted by atomic mass is 9.99. The highest BCUT2D eigenvalue weighted by Crippen LogP contribution is 2.27. The lowest BCUT2D eigenvalue weighted by Crippen LogP contribution is -2.60. The predicted molar refractivity (Wildman–Crippen MR) is 99.6 cm³/mol. The molecule has 29 heavy (non-hydrogen) atoms. The fraction of sp³-hybridized carbons (Fsp3) is 0.895. The maximum Gasteiger partial charge on any atom is 0.187 e. The lowest BCUT2D eigenvalue weighted by molar-refractivity contribution is -0.316. The van der Waals surface area contributed by atoms with E-state index < -0.39 is 68.0 Å². The van der Waals surface area contributed by atoms with Crippen LogP contribution in [-0.4, -0.2) is 105 Å². The molecule has 2 rings (SSSR count). The van der Waals surface area contributed by atoms with Gasteiger partial charge in [0.15, 0.2) is 12.6 Å². The highest BCUT2D eigenvalue weighted by atomic mass is 16.7. The summed E-state index contributed by atoms with van der Waals surface area (Å²) in [7, 11) is 0. The summed E-state index contributed by atoms with van der Waals surface area (Å²) in [5.74, 6) is 0. The van der Waals surface area contributed by atoms with Gasteiger partial charge in [-0.2, -0.15) is 0 Å². The molecule has 170 valence electrons. The van der Waals surface area contributed by atoms with Gasteiger partial charge in [0, 0.05) is 0 Å². The van der Waals surface area contributed by atoms with Gasteiger partial charge in [0.1, 0.15) is 42.7 Å². The normalized spacial score (nSPS) is 41.4. The molecule has 10 unspecified atom stereocenters. The molecular weight excluding hydrogens is 388 g/mol. The first-order chi connectivity index (χ1) is 13.8. The molecule has 0 spiro atoms. The maximum absolute atomic E-state index is 10.2. The lowest BCUT2D eigenvalue weighted by Gasteiger charge is -2.41. The second-order valence-corrected chi connectivity index (χ2v) is 7.46. The summed E-state index contributed by atoms with van der Waals surface area (Å²) in [5.41, 5.74) is 0. The van der Waals surface area contributed by atoms with Crippen molar-refractivity contribution in [2.75, 3.05) is 13.2 Å². The third kappa shape index (κ3) is 6.17. The maximum atomic E-state index is 10.2. The molecule has 0 aliphatic carbocycles. The summed E-state index contributed by atoms with van der Waals surface area (Å²) in [4.78, 5) is 0. The monoisotopic (exact) mass is 422 g/mol. The van der Waals surface area contributed by atoms with E-state index in [9.17, 15) is 25.5 Å². The molecule has 2 heterocycles. The fourth-order valence-electron chi connectivity index (χ4n) is 3.37. The molecule has 2 fully saturated rings. The van der Waals surface area contributed by atoms with Crippen molar-refractivity contribution >= 4 is 0 Å². The molecule has 0 aromatic rings. The number of rotatable bonds is 11. The molecule has 0 amide bonds. The molecule has 10 nitrogen and oxygen atoms in total. The molecule has 6 N–H and O–H groups in total. The van der Waals surface area contributed by atoms with Crippen molar-refractivity contribution in [3.8, 4) is 0 Å². The van der Waals surface area contributed by atoms with E-state index in [0.29, 0.717) is 6.42 Å². The summed E-state index contributed by atoms with van der Waals surface area (Å²) in [6, 6.07) is 0. The first kappa shape index (κ1) is 24.6. The number of aliphatic hydroxyl groups excluding tert-OH is 6.